The number of likely N-dealkylation sites (tertiary alicyclic amines) is 1. The first-order valence-electron chi connectivity index (χ1n) is 9.96. The summed E-state index contributed by atoms with van der Waals surface area (Å²) in [4.78, 5) is 6.85. The molecule has 0 saturated carbocycles. The molecule has 1 atom stereocenters. The number of hydrogen-bond donors (Lipinski definition) is 1. The van der Waals surface area contributed by atoms with E-state index in [1.54, 1.807) is 14.2 Å². The molecule has 1 saturated heterocycles. The van der Waals surface area contributed by atoms with Crippen LogP contribution in [-0.4, -0.2) is 51.8 Å². The van der Waals surface area contributed by atoms with Crippen LogP contribution in [0.1, 0.15) is 29.9 Å². The molecule has 150 valence electrons. The monoisotopic (exact) mass is 381 g/mol. The molecular weight excluding hydrogens is 350 g/mol. The molecule has 0 radical (unpaired) electrons. The average molecular weight is 382 g/mol. The van der Waals surface area contributed by atoms with E-state index >= 15 is 0 Å². The predicted molar refractivity (Wildman–Crippen MR) is 115 cm³/mol. The van der Waals surface area contributed by atoms with E-state index in [0.29, 0.717) is 5.92 Å². The second-order valence-corrected chi connectivity index (χ2v) is 7.13. The number of guanidine groups is 1. The van der Waals surface area contributed by atoms with Gasteiger partial charge in [0, 0.05) is 32.6 Å². The Balaban J connectivity index is 1.46. The lowest BCUT2D eigenvalue weighted by atomic mass is 9.98. The van der Waals surface area contributed by atoms with Crippen LogP contribution in [0.3, 0.4) is 0 Å². The molecule has 3 rings (SSSR count). The molecule has 2 aromatic carbocycles. The number of aryl methyl sites for hydroxylation is 1. The van der Waals surface area contributed by atoms with Crippen molar-refractivity contribution in [2.45, 2.75) is 25.2 Å². The molecule has 0 amide bonds. The number of rotatable bonds is 7. The standard InChI is InChI=1S/C23H31N3O2/c1-24-23(25-14-5-7-18-6-4-8-22(16-18)28-3)26-15-13-20(17-26)19-9-11-21(27-2)12-10-19/h4,6,8-12,16,20H,5,7,13-15,17H2,1-3H3,(H,24,25). The van der Waals surface area contributed by atoms with Crippen LogP contribution in [0.4, 0.5) is 0 Å². The minimum atomic E-state index is 0.543. The molecule has 1 unspecified atom stereocenters. The summed E-state index contributed by atoms with van der Waals surface area (Å²) in [5.41, 5.74) is 2.67. The lowest BCUT2D eigenvalue weighted by Gasteiger charge is -2.22. The third-order valence-electron chi connectivity index (χ3n) is 5.35. The highest BCUT2D eigenvalue weighted by Crippen LogP contribution is 2.28. The molecule has 0 aliphatic carbocycles. The molecule has 2 aromatic rings. The smallest absolute Gasteiger partial charge is 0.193 e. The summed E-state index contributed by atoms with van der Waals surface area (Å²) < 4.78 is 10.6. The summed E-state index contributed by atoms with van der Waals surface area (Å²) in [6.07, 6.45) is 3.23. The molecule has 1 aliphatic rings. The number of methoxy groups -OCH3 is 2. The summed E-state index contributed by atoms with van der Waals surface area (Å²) in [5.74, 6) is 3.37. The third-order valence-corrected chi connectivity index (χ3v) is 5.35. The van der Waals surface area contributed by atoms with Gasteiger partial charge in [-0.3, -0.25) is 4.99 Å². The van der Waals surface area contributed by atoms with E-state index in [9.17, 15) is 0 Å². The molecular formula is C23H31N3O2. The second kappa shape index (κ2) is 10.0. The van der Waals surface area contributed by atoms with Crippen molar-refractivity contribution in [1.82, 2.24) is 10.2 Å². The predicted octanol–water partition coefficient (Wildman–Crippen LogP) is 3.70. The van der Waals surface area contributed by atoms with Crippen LogP contribution in [-0.2, 0) is 6.42 Å². The topological polar surface area (TPSA) is 46.1 Å². The Bertz CT molecular complexity index is 774. The van der Waals surface area contributed by atoms with Crippen LogP contribution >= 0.6 is 0 Å². The Kier molecular flexibility index (Phi) is 7.18. The van der Waals surface area contributed by atoms with Crippen molar-refractivity contribution < 1.29 is 9.47 Å². The summed E-state index contributed by atoms with van der Waals surface area (Å²) >= 11 is 0. The van der Waals surface area contributed by atoms with Gasteiger partial charge in [0.25, 0.3) is 0 Å². The molecule has 1 N–H and O–H groups in total. The first-order valence-corrected chi connectivity index (χ1v) is 9.96. The molecule has 5 nitrogen and oxygen atoms in total. The quantitative estimate of drug-likeness (QED) is 0.451. The number of aliphatic imine (C=N–C) groups is 1. The Morgan fingerprint density at radius 2 is 1.89 bits per heavy atom. The number of hydrogen-bond acceptors (Lipinski definition) is 3. The molecule has 1 heterocycles. The van der Waals surface area contributed by atoms with Gasteiger partial charge < -0.3 is 19.7 Å². The van der Waals surface area contributed by atoms with E-state index < -0.39 is 0 Å². The number of nitrogens with one attached hydrogen (secondary N) is 1. The van der Waals surface area contributed by atoms with E-state index in [1.807, 2.05) is 31.3 Å². The van der Waals surface area contributed by atoms with Crippen molar-refractivity contribution in [3.8, 4) is 11.5 Å². The zero-order chi connectivity index (χ0) is 19.8. The van der Waals surface area contributed by atoms with Crippen LogP contribution in [0.25, 0.3) is 0 Å². The Hall–Kier alpha value is -2.69. The molecule has 0 spiro atoms. The molecule has 1 fully saturated rings. The normalized spacial score (nSPS) is 16.9. The largest absolute Gasteiger partial charge is 0.497 e. The van der Waals surface area contributed by atoms with Crippen molar-refractivity contribution in [2.75, 3.05) is 40.9 Å². The molecule has 1 aliphatic heterocycles. The minimum Gasteiger partial charge on any atom is -0.497 e. The Morgan fingerprint density at radius 3 is 2.61 bits per heavy atom. The summed E-state index contributed by atoms with van der Waals surface area (Å²) in [6.45, 7) is 2.95. The Morgan fingerprint density at radius 1 is 1.11 bits per heavy atom. The first-order chi connectivity index (χ1) is 13.7. The van der Waals surface area contributed by atoms with E-state index in [1.165, 1.54) is 11.1 Å². The number of ether oxygens (including phenoxy) is 2. The van der Waals surface area contributed by atoms with Crippen molar-refractivity contribution in [3.05, 3.63) is 59.7 Å². The van der Waals surface area contributed by atoms with E-state index in [0.717, 1.165) is 56.4 Å². The summed E-state index contributed by atoms with van der Waals surface area (Å²) in [7, 11) is 5.28. The second-order valence-electron chi connectivity index (χ2n) is 7.13. The van der Waals surface area contributed by atoms with E-state index in [2.05, 4.69) is 39.5 Å². The van der Waals surface area contributed by atoms with Gasteiger partial charge in [0.05, 0.1) is 14.2 Å². The highest BCUT2D eigenvalue weighted by atomic mass is 16.5. The fraction of sp³-hybridized carbons (Fsp3) is 0.435. The minimum absolute atomic E-state index is 0.543. The van der Waals surface area contributed by atoms with Crippen molar-refractivity contribution in [3.63, 3.8) is 0 Å². The van der Waals surface area contributed by atoms with Gasteiger partial charge >= 0.3 is 0 Å². The van der Waals surface area contributed by atoms with Gasteiger partial charge in [-0.15, -0.1) is 0 Å². The summed E-state index contributed by atoms with van der Waals surface area (Å²) in [5, 5.41) is 3.53. The van der Waals surface area contributed by atoms with E-state index in [-0.39, 0.29) is 0 Å². The molecule has 5 heteroatoms. The highest BCUT2D eigenvalue weighted by Gasteiger charge is 2.25. The van der Waals surface area contributed by atoms with Crippen molar-refractivity contribution in [1.29, 1.82) is 0 Å². The SMILES string of the molecule is CN=C(NCCCc1cccc(OC)c1)N1CCC(c2ccc(OC)cc2)C1. The number of benzene rings is 2. The lowest BCUT2D eigenvalue weighted by molar-refractivity contribution is 0.414. The van der Waals surface area contributed by atoms with E-state index in [4.69, 9.17) is 9.47 Å². The first kappa shape index (κ1) is 20.1. The molecule has 0 bridgehead atoms. The van der Waals surface area contributed by atoms with Crippen LogP contribution in [0.15, 0.2) is 53.5 Å². The third kappa shape index (κ3) is 5.18. The van der Waals surface area contributed by atoms with Crippen LogP contribution < -0.4 is 14.8 Å². The summed E-state index contributed by atoms with van der Waals surface area (Å²) in [6, 6.07) is 16.7. The van der Waals surface area contributed by atoms with Gasteiger partial charge in [-0.1, -0.05) is 24.3 Å². The van der Waals surface area contributed by atoms with Gasteiger partial charge in [-0.25, -0.2) is 0 Å². The fourth-order valence-electron chi connectivity index (χ4n) is 3.75. The van der Waals surface area contributed by atoms with Crippen molar-refractivity contribution >= 4 is 5.96 Å². The highest BCUT2D eigenvalue weighted by molar-refractivity contribution is 5.80. The maximum absolute atomic E-state index is 5.30. The van der Waals surface area contributed by atoms with Gasteiger partial charge in [0.1, 0.15) is 11.5 Å². The van der Waals surface area contributed by atoms with Gasteiger partial charge in [0.2, 0.25) is 0 Å². The van der Waals surface area contributed by atoms with Gasteiger partial charge in [0.15, 0.2) is 5.96 Å². The fourth-order valence-corrected chi connectivity index (χ4v) is 3.75. The lowest BCUT2D eigenvalue weighted by Crippen LogP contribution is -2.40. The molecule has 28 heavy (non-hydrogen) atoms. The maximum Gasteiger partial charge on any atom is 0.193 e. The zero-order valence-electron chi connectivity index (χ0n) is 17.1. The van der Waals surface area contributed by atoms with Crippen molar-refractivity contribution in [2.24, 2.45) is 4.99 Å². The maximum atomic E-state index is 5.30. The average Bonchev–Trinajstić information content (AvgIpc) is 3.24. The van der Waals surface area contributed by atoms with Crippen LogP contribution in [0.5, 0.6) is 11.5 Å². The van der Waals surface area contributed by atoms with Crippen LogP contribution in [0, 0.1) is 0 Å². The Labute approximate surface area is 168 Å². The number of nitrogens with zero attached hydrogens (tertiary/aromatic N) is 2. The van der Waals surface area contributed by atoms with Gasteiger partial charge in [-0.05, 0) is 54.7 Å². The van der Waals surface area contributed by atoms with Gasteiger partial charge in [-0.2, -0.15) is 0 Å². The molecule has 0 aromatic heterocycles. The van der Waals surface area contributed by atoms with Crippen LogP contribution in [0.2, 0.25) is 0 Å². The zero-order valence-corrected chi connectivity index (χ0v) is 17.1.